The Morgan fingerprint density at radius 1 is 1.50 bits per heavy atom. The number of nitrogen functional groups attached to an aromatic ring is 1. The van der Waals surface area contributed by atoms with Crippen molar-refractivity contribution < 1.29 is 0 Å². The standard InChI is InChI=1S/C11H17BrN4/c1-8-7-15(2)3-4-16(8)11-10(13)5-9(12)6-14-11/h5-6,8H,3-4,7,13H2,1-2H3. The average Bonchev–Trinajstić information content (AvgIpc) is 2.19. The van der Waals surface area contributed by atoms with Crippen LogP contribution >= 0.6 is 15.9 Å². The van der Waals surface area contributed by atoms with E-state index < -0.39 is 0 Å². The fourth-order valence-electron chi connectivity index (χ4n) is 2.14. The van der Waals surface area contributed by atoms with E-state index in [4.69, 9.17) is 5.73 Å². The van der Waals surface area contributed by atoms with Crippen molar-refractivity contribution in [3.63, 3.8) is 0 Å². The lowest BCUT2D eigenvalue weighted by Crippen LogP contribution is -2.51. The summed E-state index contributed by atoms with van der Waals surface area (Å²) in [7, 11) is 2.15. The van der Waals surface area contributed by atoms with E-state index in [1.165, 1.54) is 0 Å². The van der Waals surface area contributed by atoms with E-state index in [1.807, 2.05) is 6.07 Å². The predicted molar refractivity (Wildman–Crippen MR) is 70.7 cm³/mol. The van der Waals surface area contributed by atoms with Crippen molar-refractivity contribution >= 4 is 27.4 Å². The highest BCUT2D eigenvalue weighted by atomic mass is 79.9. The lowest BCUT2D eigenvalue weighted by molar-refractivity contribution is 0.275. The van der Waals surface area contributed by atoms with Crippen LogP contribution in [0.1, 0.15) is 6.92 Å². The molecule has 1 aliphatic rings. The molecule has 0 amide bonds. The van der Waals surface area contributed by atoms with Crippen LogP contribution in [-0.2, 0) is 0 Å². The number of rotatable bonds is 1. The van der Waals surface area contributed by atoms with Crippen molar-refractivity contribution in [2.24, 2.45) is 0 Å². The molecule has 0 bridgehead atoms. The van der Waals surface area contributed by atoms with Crippen molar-refractivity contribution in [3.8, 4) is 0 Å². The van der Waals surface area contributed by atoms with E-state index in [0.717, 1.165) is 35.6 Å². The minimum atomic E-state index is 0.453. The molecule has 1 atom stereocenters. The minimum Gasteiger partial charge on any atom is -0.396 e. The van der Waals surface area contributed by atoms with Crippen LogP contribution in [0.2, 0.25) is 0 Å². The smallest absolute Gasteiger partial charge is 0.152 e. The molecule has 1 aromatic heterocycles. The van der Waals surface area contributed by atoms with Crippen molar-refractivity contribution in [1.82, 2.24) is 9.88 Å². The highest BCUT2D eigenvalue weighted by Crippen LogP contribution is 2.26. The summed E-state index contributed by atoms with van der Waals surface area (Å²) in [6, 6.07) is 2.36. The molecule has 88 valence electrons. The number of likely N-dealkylation sites (N-methyl/N-ethyl adjacent to an activating group) is 1. The maximum Gasteiger partial charge on any atom is 0.152 e. The maximum atomic E-state index is 6.00. The van der Waals surface area contributed by atoms with Gasteiger partial charge in [-0.15, -0.1) is 0 Å². The molecule has 4 nitrogen and oxygen atoms in total. The second-order valence-electron chi connectivity index (χ2n) is 4.37. The van der Waals surface area contributed by atoms with Gasteiger partial charge in [0.15, 0.2) is 5.82 Å². The zero-order valence-corrected chi connectivity index (χ0v) is 11.2. The Bertz CT molecular complexity index is 382. The first-order chi connectivity index (χ1) is 7.58. The Kier molecular flexibility index (Phi) is 3.35. The van der Waals surface area contributed by atoms with Crippen LogP contribution in [0, 0.1) is 0 Å². The molecule has 0 aliphatic carbocycles. The molecular formula is C11H17BrN4. The number of anilines is 2. The third kappa shape index (κ3) is 2.30. The lowest BCUT2D eigenvalue weighted by Gasteiger charge is -2.39. The number of nitrogens with two attached hydrogens (primary N) is 1. The lowest BCUT2D eigenvalue weighted by atomic mass is 10.2. The van der Waals surface area contributed by atoms with Gasteiger partial charge in [-0.25, -0.2) is 4.98 Å². The van der Waals surface area contributed by atoms with Crippen molar-refractivity contribution in [1.29, 1.82) is 0 Å². The molecule has 0 radical (unpaired) electrons. The normalized spacial score (nSPS) is 22.4. The molecule has 1 fully saturated rings. The van der Waals surface area contributed by atoms with Gasteiger partial charge in [0.2, 0.25) is 0 Å². The molecule has 2 rings (SSSR count). The van der Waals surface area contributed by atoms with Gasteiger partial charge < -0.3 is 15.5 Å². The van der Waals surface area contributed by atoms with Crippen molar-refractivity contribution in [3.05, 3.63) is 16.7 Å². The van der Waals surface area contributed by atoms with Gasteiger partial charge in [-0.2, -0.15) is 0 Å². The fourth-order valence-corrected chi connectivity index (χ4v) is 2.49. The van der Waals surface area contributed by atoms with Gasteiger partial charge in [0, 0.05) is 36.3 Å². The molecular weight excluding hydrogens is 268 g/mol. The second-order valence-corrected chi connectivity index (χ2v) is 5.29. The van der Waals surface area contributed by atoms with Gasteiger partial charge in [-0.3, -0.25) is 0 Å². The molecule has 1 saturated heterocycles. The number of hydrogen-bond acceptors (Lipinski definition) is 4. The first-order valence-electron chi connectivity index (χ1n) is 5.44. The second kappa shape index (κ2) is 4.59. The number of nitrogens with zero attached hydrogens (tertiary/aromatic N) is 3. The van der Waals surface area contributed by atoms with Crippen molar-refractivity contribution in [2.75, 3.05) is 37.3 Å². The summed E-state index contributed by atoms with van der Waals surface area (Å²) in [4.78, 5) is 9.02. The van der Waals surface area contributed by atoms with E-state index in [-0.39, 0.29) is 0 Å². The van der Waals surface area contributed by atoms with E-state index >= 15 is 0 Å². The Morgan fingerprint density at radius 2 is 2.25 bits per heavy atom. The van der Waals surface area contributed by atoms with E-state index in [0.29, 0.717) is 6.04 Å². The first kappa shape index (κ1) is 11.7. The zero-order chi connectivity index (χ0) is 11.7. The van der Waals surface area contributed by atoms with Crippen LogP contribution in [0.5, 0.6) is 0 Å². The van der Waals surface area contributed by atoms with Crippen LogP contribution in [0.15, 0.2) is 16.7 Å². The number of halogens is 1. The SMILES string of the molecule is CC1CN(C)CCN1c1ncc(Br)cc1N. The van der Waals surface area contributed by atoms with E-state index in [2.05, 4.69) is 44.7 Å². The van der Waals surface area contributed by atoms with Crippen LogP contribution in [0.25, 0.3) is 0 Å². The number of piperazine rings is 1. The fraction of sp³-hybridized carbons (Fsp3) is 0.545. The first-order valence-corrected chi connectivity index (χ1v) is 6.23. The average molecular weight is 285 g/mol. The third-order valence-electron chi connectivity index (χ3n) is 2.96. The molecule has 16 heavy (non-hydrogen) atoms. The van der Waals surface area contributed by atoms with Crippen LogP contribution in [-0.4, -0.2) is 42.6 Å². The van der Waals surface area contributed by atoms with Gasteiger partial charge in [-0.05, 0) is 36.0 Å². The van der Waals surface area contributed by atoms with E-state index in [9.17, 15) is 0 Å². The third-order valence-corrected chi connectivity index (χ3v) is 3.40. The van der Waals surface area contributed by atoms with Gasteiger partial charge in [0.1, 0.15) is 0 Å². The highest BCUT2D eigenvalue weighted by molar-refractivity contribution is 9.10. The summed E-state index contributed by atoms with van der Waals surface area (Å²) in [5, 5.41) is 0. The van der Waals surface area contributed by atoms with Crippen LogP contribution < -0.4 is 10.6 Å². The molecule has 0 aromatic carbocycles. The van der Waals surface area contributed by atoms with Gasteiger partial charge in [0.05, 0.1) is 5.69 Å². The number of aromatic nitrogens is 1. The minimum absolute atomic E-state index is 0.453. The molecule has 2 heterocycles. The Labute approximate surface area is 105 Å². The molecule has 0 spiro atoms. The zero-order valence-electron chi connectivity index (χ0n) is 9.65. The summed E-state index contributed by atoms with van der Waals surface area (Å²) in [6.07, 6.45) is 1.80. The molecule has 1 aliphatic heterocycles. The predicted octanol–water partition coefficient (Wildman–Crippen LogP) is 1.57. The summed E-state index contributed by atoms with van der Waals surface area (Å²) in [6.45, 7) is 5.30. The molecule has 5 heteroatoms. The largest absolute Gasteiger partial charge is 0.396 e. The van der Waals surface area contributed by atoms with E-state index in [1.54, 1.807) is 6.20 Å². The molecule has 2 N–H and O–H groups in total. The topological polar surface area (TPSA) is 45.4 Å². The molecule has 1 aromatic rings. The quantitative estimate of drug-likeness (QED) is 0.850. The molecule has 0 saturated carbocycles. The summed E-state index contributed by atoms with van der Waals surface area (Å²) in [5.74, 6) is 0.906. The van der Waals surface area contributed by atoms with Gasteiger partial charge in [0.25, 0.3) is 0 Å². The monoisotopic (exact) mass is 284 g/mol. The van der Waals surface area contributed by atoms with Crippen molar-refractivity contribution in [2.45, 2.75) is 13.0 Å². The molecule has 1 unspecified atom stereocenters. The Morgan fingerprint density at radius 3 is 2.88 bits per heavy atom. The number of hydrogen-bond donors (Lipinski definition) is 1. The summed E-state index contributed by atoms with van der Waals surface area (Å²) < 4.78 is 0.926. The summed E-state index contributed by atoms with van der Waals surface area (Å²) >= 11 is 3.38. The highest BCUT2D eigenvalue weighted by Gasteiger charge is 2.23. The maximum absolute atomic E-state index is 6.00. The van der Waals surface area contributed by atoms with Crippen LogP contribution in [0.3, 0.4) is 0 Å². The van der Waals surface area contributed by atoms with Gasteiger partial charge >= 0.3 is 0 Å². The Hall–Kier alpha value is -0.810. The van der Waals surface area contributed by atoms with Crippen LogP contribution in [0.4, 0.5) is 11.5 Å². The summed E-state index contributed by atoms with van der Waals surface area (Å²) in [5.41, 5.74) is 6.74. The van der Waals surface area contributed by atoms with Gasteiger partial charge in [-0.1, -0.05) is 0 Å². The Balaban J connectivity index is 2.23. The number of pyridine rings is 1.